The summed E-state index contributed by atoms with van der Waals surface area (Å²) in [6.45, 7) is -1.04. The van der Waals surface area contributed by atoms with Gasteiger partial charge in [0.25, 0.3) is 5.91 Å². The lowest BCUT2D eigenvalue weighted by atomic mass is 10.0. The van der Waals surface area contributed by atoms with E-state index in [1.54, 1.807) is 0 Å². The van der Waals surface area contributed by atoms with Gasteiger partial charge in [0.15, 0.2) is 6.61 Å². The summed E-state index contributed by atoms with van der Waals surface area (Å²) in [5.74, 6) is -2.87. The summed E-state index contributed by atoms with van der Waals surface area (Å²) in [7, 11) is 2.55. The average molecular weight is 453 g/mol. The lowest BCUT2D eigenvalue weighted by molar-refractivity contribution is -0.143. The highest BCUT2D eigenvalue weighted by molar-refractivity contribution is 5.95. The molecule has 1 amide bonds. The number of esters is 1. The van der Waals surface area contributed by atoms with Gasteiger partial charge in [0.05, 0.1) is 37.0 Å². The van der Waals surface area contributed by atoms with Crippen LogP contribution in [0.3, 0.4) is 0 Å². The Morgan fingerprint density at radius 2 is 1.35 bits per heavy atom. The van der Waals surface area contributed by atoms with Crippen molar-refractivity contribution >= 4 is 17.8 Å². The number of benzene rings is 1. The summed E-state index contributed by atoms with van der Waals surface area (Å²) in [5.41, 5.74) is -4.43. The second kappa shape index (κ2) is 9.06. The van der Waals surface area contributed by atoms with Gasteiger partial charge in [-0.05, 0) is 18.2 Å². The van der Waals surface area contributed by atoms with Gasteiger partial charge in [-0.3, -0.25) is 10.1 Å². The minimum Gasteiger partial charge on any atom is -0.481 e. The maximum atomic E-state index is 12.9. The molecule has 31 heavy (non-hydrogen) atoms. The van der Waals surface area contributed by atoms with Gasteiger partial charge in [-0.2, -0.15) is 36.3 Å². The van der Waals surface area contributed by atoms with Crippen LogP contribution in [0.1, 0.15) is 21.5 Å². The smallest absolute Gasteiger partial charge is 0.416 e. The molecule has 2 aromatic rings. The highest BCUT2D eigenvalue weighted by atomic mass is 19.4. The van der Waals surface area contributed by atoms with E-state index in [4.69, 9.17) is 9.47 Å². The van der Waals surface area contributed by atoms with Crippen LogP contribution < -0.4 is 14.8 Å². The molecular formula is C17H13F6N3O5. The maximum Gasteiger partial charge on any atom is 0.416 e. The molecule has 0 radical (unpaired) electrons. The lowest BCUT2D eigenvalue weighted by Crippen LogP contribution is -2.23. The number of hydrogen-bond donors (Lipinski definition) is 1. The number of nitrogens with zero attached hydrogens (tertiary/aromatic N) is 2. The Labute approximate surface area is 170 Å². The van der Waals surface area contributed by atoms with Gasteiger partial charge >= 0.3 is 18.3 Å². The fourth-order valence-electron chi connectivity index (χ4n) is 2.12. The van der Waals surface area contributed by atoms with Gasteiger partial charge < -0.3 is 14.2 Å². The number of methoxy groups -OCH3 is 2. The van der Waals surface area contributed by atoms with Crippen molar-refractivity contribution in [3.63, 3.8) is 0 Å². The van der Waals surface area contributed by atoms with E-state index in [1.807, 2.05) is 0 Å². The van der Waals surface area contributed by atoms with Crippen LogP contribution >= 0.6 is 0 Å². The molecule has 1 heterocycles. The van der Waals surface area contributed by atoms with Crippen LogP contribution in [0.4, 0.5) is 32.3 Å². The number of hydrogen-bond acceptors (Lipinski definition) is 7. The van der Waals surface area contributed by atoms with E-state index in [9.17, 15) is 35.9 Å². The topological polar surface area (TPSA) is 99.6 Å². The third-order valence-corrected chi connectivity index (χ3v) is 3.51. The number of ether oxygens (including phenoxy) is 3. The molecule has 0 fully saturated rings. The fourth-order valence-corrected chi connectivity index (χ4v) is 2.12. The van der Waals surface area contributed by atoms with E-state index < -0.39 is 47.5 Å². The van der Waals surface area contributed by atoms with E-state index in [0.717, 1.165) is 0 Å². The summed E-state index contributed by atoms with van der Waals surface area (Å²) in [5, 5.41) is 2.11. The normalized spacial score (nSPS) is 11.6. The third kappa shape index (κ3) is 6.45. The Morgan fingerprint density at radius 1 is 0.871 bits per heavy atom. The largest absolute Gasteiger partial charge is 0.481 e. The van der Waals surface area contributed by atoms with Gasteiger partial charge in [0.2, 0.25) is 17.7 Å². The van der Waals surface area contributed by atoms with Crippen molar-refractivity contribution in [2.24, 2.45) is 0 Å². The van der Waals surface area contributed by atoms with Gasteiger partial charge in [0.1, 0.15) is 0 Å². The Morgan fingerprint density at radius 3 is 1.77 bits per heavy atom. The number of nitrogens with one attached hydrogen (secondary N) is 1. The first-order valence-corrected chi connectivity index (χ1v) is 8.07. The van der Waals surface area contributed by atoms with Crippen molar-refractivity contribution in [2.75, 3.05) is 26.1 Å². The first-order valence-electron chi connectivity index (χ1n) is 8.07. The molecule has 1 aromatic carbocycles. The van der Waals surface area contributed by atoms with Crippen molar-refractivity contribution in [1.29, 1.82) is 0 Å². The van der Waals surface area contributed by atoms with E-state index in [1.165, 1.54) is 20.3 Å². The molecule has 0 aliphatic carbocycles. The molecule has 2 rings (SSSR count). The van der Waals surface area contributed by atoms with E-state index in [0.29, 0.717) is 0 Å². The highest BCUT2D eigenvalue weighted by Gasteiger charge is 2.37. The second-order valence-electron chi connectivity index (χ2n) is 5.70. The Kier molecular flexibility index (Phi) is 6.92. The Balaban J connectivity index is 2.14. The summed E-state index contributed by atoms with van der Waals surface area (Å²) in [6, 6.07) is 1.52. The summed E-state index contributed by atoms with van der Waals surface area (Å²) in [4.78, 5) is 31.4. The van der Waals surface area contributed by atoms with Gasteiger partial charge in [-0.1, -0.05) is 0 Å². The molecular weight excluding hydrogens is 440 g/mol. The van der Waals surface area contributed by atoms with Gasteiger partial charge in [0, 0.05) is 0 Å². The third-order valence-electron chi connectivity index (χ3n) is 3.51. The number of alkyl halides is 6. The number of anilines is 1. The van der Waals surface area contributed by atoms with Crippen molar-refractivity contribution in [2.45, 2.75) is 12.4 Å². The molecule has 1 aromatic heterocycles. The standard InChI is InChI=1S/C17H13F6N3O5/c1-29-12-6-13(30-2)26-15(25-12)24-11(27)7-31-14(28)8-3-9(16(18,19)20)5-10(4-8)17(21,22)23/h3-6H,7H2,1-2H3,(H,24,25,26,27). The molecule has 0 unspecified atom stereocenters. The van der Waals surface area contributed by atoms with Crippen LogP contribution in [0.25, 0.3) is 0 Å². The minimum absolute atomic E-state index is 0.0165. The van der Waals surface area contributed by atoms with Gasteiger partial charge in [-0.15, -0.1) is 0 Å². The molecule has 0 saturated carbocycles. The molecule has 0 bridgehead atoms. The number of aromatic nitrogens is 2. The Bertz CT molecular complexity index is 923. The van der Waals surface area contributed by atoms with E-state index >= 15 is 0 Å². The fraction of sp³-hybridized carbons (Fsp3) is 0.294. The van der Waals surface area contributed by atoms with Crippen molar-refractivity contribution in [3.8, 4) is 11.8 Å². The van der Waals surface area contributed by atoms with Crippen LogP contribution in [-0.2, 0) is 21.9 Å². The molecule has 0 aliphatic rings. The molecule has 0 atom stereocenters. The monoisotopic (exact) mass is 453 g/mol. The maximum absolute atomic E-state index is 12.9. The Hall–Kier alpha value is -3.58. The van der Waals surface area contributed by atoms with Crippen LogP contribution in [0.2, 0.25) is 0 Å². The summed E-state index contributed by atoms with van der Waals surface area (Å²) in [6.07, 6.45) is -10.3. The molecule has 14 heteroatoms. The van der Waals surface area contributed by atoms with Crippen molar-refractivity contribution in [1.82, 2.24) is 9.97 Å². The predicted molar refractivity (Wildman–Crippen MR) is 90.5 cm³/mol. The number of carbonyl (C=O) groups is 2. The second-order valence-corrected chi connectivity index (χ2v) is 5.70. The van der Waals surface area contributed by atoms with Crippen LogP contribution in [0.5, 0.6) is 11.8 Å². The van der Waals surface area contributed by atoms with Gasteiger partial charge in [-0.25, -0.2) is 4.79 Å². The number of halogens is 6. The zero-order valence-corrected chi connectivity index (χ0v) is 15.7. The quantitative estimate of drug-likeness (QED) is 0.529. The molecule has 168 valence electrons. The highest BCUT2D eigenvalue weighted by Crippen LogP contribution is 2.36. The predicted octanol–water partition coefficient (Wildman–Crippen LogP) is 3.33. The molecule has 0 spiro atoms. The van der Waals surface area contributed by atoms with E-state index in [2.05, 4.69) is 20.0 Å². The molecule has 8 nitrogen and oxygen atoms in total. The van der Waals surface area contributed by atoms with Crippen molar-refractivity contribution in [3.05, 3.63) is 41.0 Å². The number of rotatable bonds is 6. The average Bonchev–Trinajstić information content (AvgIpc) is 2.69. The summed E-state index contributed by atoms with van der Waals surface area (Å²) < 4.78 is 91.4. The van der Waals surface area contributed by atoms with Crippen LogP contribution in [0.15, 0.2) is 24.3 Å². The summed E-state index contributed by atoms with van der Waals surface area (Å²) >= 11 is 0. The number of carbonyl (C=O) groups excluding carboxylic acids is 2. The first-order chi connectivity index (χ1) is 14.3. The van der Waals surface area contributed by atoms with Crippen LogP contribution in [0, 0.1) is 0 Å². The molecule has 0 saturated heterocycles. The number of amides is 1. The minimum atomic E-state index is -5.14. The van der Waals surface area contributed by atoms with Crippen LogP contribution in [-0.4, -0.2) is 42.7 Å². The molecule has 0 aliphatic heterocycles. The van der Waals surface area contributed by atoms with Crippen molar-refractivity contribution < 1.29 is 50.1 Å². The molecule has 1 N–H and O–H groups in total. The SMILES string of the molecule is COc1cc(OC)nc(NC(=O)COC(=O)c2cc(C(F)(F)F)cc(C(F)(F)F)c2)n1. The first kappa shape index (κ1) is 23.7. The lowest BCUT2D eigenvalue weighted by Gasteiger charge is -2.14. The zero-order chi connectivity index (χ0) is 23.4. The van der Waals surface area contributed by atoms with E-state index in [-0.39, 0.29) is 35.9 Å². The zero-order valence-electron chi connectivity index (χ0n) is 15.7.